The Morgan fingerprint density at radius 2 is 2.19 bits per heavy atom. The number of halogens is 3. The first kappa shape index (κ1) is 15.5. The molecule has 0 amide bonds. The molecule has 114 valence electrons. The van der Waals surface area contributed by atoms with Crippen molar-refractivity contribution in [2.75, 3.05) is 6.61 Å². The molecule has 21 heavy (non-hydrogen) atoms. The highest BCUT2D eigenvalue weighted by atomic mass is 19.4. The summed E-state index contributed by atoms with van der Waals surface area (Å²) >= 11 is 0. The van der Waals surface area contributed by atoms with Gasteiger partial charge in [-0.15, -0.1) is 0 Å². The maximum atomic E-state index is 12.5. The standard InChI is InChI=1S/C14H16F3N3O/c15-14(16,17)10-4-5-11(19-9-10)12(6-7-18)20-13-3-1-2-8-21-13/h4-7,9,13H,1-3,8,18H2. The van der Waals surface area contributed by atoms with Crippen LogP contribution in [-0.2, 0) is 10.9 Å². The van der Waals surface area contributed by atoms with E-state index in [1.807, 2.05) is 0 Å². The summed E-state index contributed by atoms with van der Waals surface area (Å²) in [5.41, 5.74) is 5.31. The summed E-state index contributed by atoms with van der Waals surface area (Å²) in [6.07, 6.45) is 1.66. The molecule has 0 saturated carbocycles. The number of aliphatic imine (C=N–C) groups is 1. The van der Waals surface area contributed by atoms with E-state index in [1.54, 1.807) is 0 Å². The van der Waals surface area contributed by atoms with Gasteiger partial charge in [0.25, 0.3) is 0 Å². The summed E-state index contributed by atoms with van der Waals surface area (Å²) in [5.74, 6) is 0. The van der Waals surface area contributed by atoms with Crippen molar-refractivity contribution >= 4 is 5.71 Å². The predicted molar refractivity (Wildman–Crippen MR) is 72.7 cm³/mol. The molecule has 0 spiro atoms. The zero-order valence-corrected chi connectivity index (χ0v) is 11.3. The topological polar surface area (TPSA) is 60.5 Å². The van der Waals surface area contributed by atoms with Crippen LogP contribution in [0.25, 0.3) is 0 Å². The van der Waals surface area contributed by atoms with Crippen LogP contribution in [0.2, 0.25) is 0 Å². The van der Waals surface area contributed by atoms with E-state index in [9.17, 15) is 13.2 Å². The third kappa shape index (κ3) is 4.29. The summed E-state index contributed by atoms with van der Waals surface area (Å²) in [4.78, 5) is 8.19. The van der Waals surface area contributed by atoms with Gasteiger partial charge in [-0.25, -0.2) is 0 Å². The van der Waals surface area contributed by atoms with Gasteiger partial charge in [-0.05, 0) is 43.7 Å². The van der Waals surface area contributed by atoms with Gasteiger partial charge in [-0.1, -0.05) is 0 Å². The van der Waals surface area contributed by atoms with Crippen molar-refractivity contribution in [3.63, 3.8) is 0 Å². The van der Waals surface area contributed by atoms with E-state index in [4.69, 9.17) is 10.5 Å². The molecule has 1 fully saturated rings. The van der Waals surface area contributed by atoms with Crippen LogP contribution in [0.15, 0.2) is 35.6 Å². The summed E-state index contributed by atoms with van der Waals surface area (Å²) in [6.45, 7) is 0.633. The van der Waals surface area contributed by atoms with E-state index in [0.717, 1.165) is 31.5 Å². The molecule has 2 heterocycles. The number of allylic oxidation sites excluding steroid dienone is 1. The van der Waals surface area contributed by atoms with Crippen molar-refractivity contribution in [1.29, 1.82) is 0 Å². The molecule has 0 aliphatic carbocycles. The Hall–Kier alpha value is -1.89. The van der Waals surface area contributed by atoms with Crippen molar-refractivity contribution in [3.05, 3.63) is 41.9 Å². The maximum absolute atomic E-state index is 12.5. The van der Waals surface area contributed by atoms with Crippen molar-refractivity contribution in [2.45, 2.75) is 31.7 Å². The average molecular weight is 299 g/mol. The molecule has 1 aromatic heterocycles. The minimum atomic E-state index is -4.40. The number of alkyl halides is 3. The molecule has 0 bridgehead atoms. The highest BCUT2D eigenvalue weighted by Crippen LogP contribution is 2.28. The third-order valence-corrected chi connectivity index (χ3v) is 3.05. The molecule has 2 rings (SSSR count). The van der Waals surface area contributed by atoms with E-state index in [2.05, 4.69) is 9.98 Å². The number of pyridine rings is 1. The normalized spacial score (nSPS) is 20.9. The Labute approximate surface area is 120 Å². The lowest BCUT2D eigenvalue weighted by Gasteiger charge is -2.19. The van der Waals surface area contributed by atoms with Crippen molar-refractivity contribution in [2.24, 2.45) is 10.7 Å². The fourth-order valence-corrected chi connectivity index (χ4v) is 1.98. The number of nitrogens with zero attached hydrogens (tertiary/aromatic N) is 2. The molecule has 0 aromatic carbocycles. The largest absolute Gasteiger partial charge is 0.417 e. The number of aromatic nitrogens is 1. The quantitative estimate of drug-likeness (QED) is 0.873. The van der Waals surface area contributed by atoms with Gasteiger partial charge >= 0.3 is 6.18 Å². The first-order chi connectivity index (χ1) is 10.0. The minimum Gasteiger partial charge on any atom is -0.405 e. The van der Waals surface area contributed by atoms with Crippen LogP contribution >= 0.6 is 0 Å². The van der Waals surface area contributed by atoms with E-state index in [-0.39, 0.29) is 6.23 Å². The number of nitrogens with two attached hydrogens (primary N) is 1. The zero-order chi connectivity index (χ0) is 15.3. The summed E-state index contributed by atoms with van der Waals surface area (Å²) in [5, 5.41) is 0. The van der Waals surface area contributed by atoms with E-state index >= 15 is 0 Å². The van der Waals surface area contributed by atoms with Crippen LogP contribution in [0, 0.1) is 0 Å². The Balaban J connectivity index is 2.23. The van der Waals surface area contributed by atoms with Gasteiger partial charge in [0.15, 0.2) is 0 Å². The molecular weight excluding hydrogens is 283 g/mol. The van der Waals surface area contributed by atoms with Gasteiger partial charge in [0.1, 0.15) is 6.23 Å². The second kappa shape index (κ2) is 6.71. The molecule has 1 saturated heterocycles. The minimum absolute atomic E-state index is 0.297. The molecule has 7 heteroatoms. The lowest BCUT2D eigenvalue weighted by molar-refractivity contribution is -0.137. The molecule has 0 radical (unpaired) electrons. The number of hydrogen-bond acceptors (Lipinski definition) is 4. The smallest absolute Gasteiger partial charge is 0.405 e. The van der Waals surface area contributed by atoms with Crippen LogP contribution in [0.5, 0.6) is 0 Å². The van der Waals surface area contributed by atoms with Crippen LogP contribution in [-0.4, -0.2) is 23.5 Å². The molecule has 1 aliphatic rings. The highest BCUT2D eigenvalue weighted by molar-refractivity contribution is 6.07. The Bertz CT molecular complexity index is 517. The first-order valence-electron chi connectivity index (χ1n) is 6.62. The SMILES string of the molecule is NC=CC(=NC1CCCCO1)c1ccc(C(F)(F)F)cn1. The maximum Gasteiger partial charge on any atom is 0.417 e. The second-order valence-electron chi connectivity index (χ2n) is 4.62. The number of rotatable bonds is 3. The summed E-state index contributed by atoms with van der Waals surface area (Å²) in [7, 11) is 0. The van der Waals surface area contributed by atoms with Crippen LogP contribution in [0.3, 0.4) is 0 Å². The number of hydrogen-bond donors (Lipinski definition) is 1. The van der Waals surface area contributed by atoms with Gasteiger partial charge < -0.3 is 10.5 Å². The lowest BCUT2D eigenvalue weighted by Crippen LogP contribution is -2.19. The van der Waals surface area contributed by atoms with E-state index in [1.165, 1.54) is 18.3 Å². The van der Waals surface area contributed by atoms with Crippen molar-refractivity contribution < 1.29 is 17.9 Å². The molecule has 1 aromatic rings. The molecule has 2 N–H and O–H groups in total. The lowest BCUT2D eigenvalue weighted by atomic mass is 10.1. The molecule has 1 unspecified atom stereocenters. The Morgan fingerprint density at radius 1 is 1.38 bits per heavy atom. The van der Waals surface area contributed by atoms with Crippen LogP contribution in [0.1, 0.15) is 30.5 Å². The van der Waals surface area contributed by atoms with Gasteiger partial charge in [0, 0.05) is 12.8 Å². The van der Waals surface area contributed by atoms with Crippen molar-refractivity contribution in [1.82, 2.24) is 4.98 Å². The van der Waals surface area contributed by atoms with Crippen LogP contribution in [0.4, 0.5) is 13.2 Å². The third-order valence-electron chi connectivity index (χ3n) is 3.05. The predicted octanol–water partition coefficient (Wildman–Crippen LogP) is 2.89. The molecule has 4 nitrogen and oxygen atoms in total. The van der Waals surface area contributed by atoms with E-state index < -0.39 is 11.7 Å². The highest BCUT2D eigenvalue weighted by Gasteiger charge is 2.30. The first-order valence-corrected chi connectivity index (χ1v) is 6.62. The summed E-state index contributed by atoms with van der Waals surface area (Å²) in [6, 6.07) is 2.26. The Kier molecular flexibility index (Phi) is 4.95. The van der Waals surface area contributed by atoms with Gasteiger partial charge in [0.2, 0.25) is 0 Å². The van der Waals surface area contributed by atoms with E-state index in [0.29, 0.717) is 18.0 Å². The fraction of sp³-hybridized carbons (Fsp3) is 0.429. The number of ether oxygens (including phenoxy) is 1. The summed E-state index contributed by atoms with van der Waals surface area (Å²) < 4.78 is 43.0. The average Bonchev–Trinajstić information content (AvgIpc) is 2.47. The van der Waals surface area contributed by atoms with Gasteiger partial charge in [0.05, 0.1) is 17.0 Å². The molecular formula is C14H16F3N3O. The Morgan fingerprint density at radius 3 is 2.71 bits per heavy atom. The monoisotopic (exact) mass is 299 g/mol. The zero-order valence-electron chi connectivity index (χ0n) is 11.3. The van der Waals surface area contributed by atoms with Crippen molar-refractivity contribution in [3.8, 4) is 0 Å². The van der Waals surface area contributed by atoms with Gasteiger partial charge in [-0.2, -0.15) is 13.2 Å². The molecule has 1 aliphatic heterocycles. The second-order valence-corrected chi connectivity index (χ2v) is 4.62. The molecule has 1 atom stereocenters. The fourth-order valence-electron chi connectivity index (χ4n) is 1.98. The van der Waals surface area contributed by atoms with Gasteiger partial charge in [-0.3, -0.25) is 9.98 Å². The van der Waals surface area contributed by atoms with Crippen LogP contribution < -0.4 is 5.73 Å².